The molecule has 0 radical (unpaired) electrons. The van der Waals surface area contributed by atoms with Crippen LogP contribution in [0, 0.1) is 12.7 Å². The topological polar surface area (TPSA) is 96.3 Å². The number of carbonyl (C=O) groups excluding carboxylic acids is 2. The Hall–Kier alpha value is -3.39. The molecule has 0 aliphatic heterocycles. The van der Waals surface area contributed by atoms with Gasteiger partial charge in [0.15, 0.2) is 0 Å². The molecule has 0 atom stereocenters. The number of furan rings is 1. The van der Waals surface area contributed by atoms with Gasteiger partial charge >= 0.3 is 6.03 Å². The van der Waals surface area contributed by atoms with Gasteiger partial charge in [0.25, 0.3) is 5.91 Å². The average molecular weight is 403 g/mol. The molecule has 3 amide bonds. The summed E-state index contributed by atoms with van der Waals surface area (Å²) in [4.78, 5) is 28.2. The first-order chi connectivity index (χ1) is 13.4. The van der Waals surface area contributed by atoms with E-state index in [-0.39, 0.29) is 12.2 Å². The van der Waals surface area contributed by atoms with E-state index in [1.165, 1.54) is 24.5 Å². The summed E-state index contributed by atoms with van der Waals surface area (Å²) in [6.45, 7) is 1.87. The van der Waals surface area contributed by atoms with E-state index < -0.39 is 17.8 Å². The van der Waals surface area contributed by atoms with E-state index in [1.54, 1.807) is 25.3 Å². The van der Waals surface area contributed by atoms with Crippen molar-refractivity contribution in [2.24, 2.45) is 0 Å². The summed E-state index contributed by atoms with van der Waals surface area (Å²) in [6.07, 6.45) is 2.92. The fourth-order valence-electron chi connectivity index (χ4n) is 2.38. The zero-order chi connectivity index (χ0) is 20.1. The molecule has 0 bridgehead atoms. The van der Waals surface area contributed by atoms with E-state index >= 15 is 0 Å². The van der Waals surface area contributed by atoms with Crippen LogP contribution in [0.3, 0.4) is 0 Å². The van der Waals surface area contributed by atoms with Crippen molar-refractivity contribution in [3.63, 3.8) is 0 Å². The summed E-state index contributed by atoms with van der Waals surface area (Å²) in [5, 5.41) is 8.05. The van der Waals surface area contributed by atoms with Crippen molar-refractivity contribution in [3.05, 3.63) is 76.7 Å². The Labute approximate surface area is 164 Å². The highest BCUT2D eigenvalue weighted by Crippen LogP contribution is 2.21. The predicted molar refractivity (Wildman–Crippen MR) is 103 cm³/mol. The lowest BCUT2D eigenvalue weighted by Crippen LogP contribution is -2.28. The number of nitrogens with zero attached hydrogens (tertiary/aromatic N) is 1. The molecule has 2 aromatic heterocycles. The monoisotopic (exact) mass is 402 g/mol. The number of nitrogens with one attached hydrogen (secondary N) is 3. The van der Waals surface area contributed by atoms with Gasteiger partial charge in [-0.3, -0.25) is 4.79 Å². The van der Waals surface area contributed by atoms with Crippen LogP contribution in [0.4, 0.5) is 20.6 Å². The number of urea groups is 1. The number of amides is 3. The van der Waals surface area contributed by atoms with Crippen LogP contribution in [0.5, 0.6) is 0 Å². The molecular formula is C19H16ClFN4O3. The molecule has 2 heterocycles. The standard InChI is InChI=1S/C19H16ClFN4O3/c1-11-14(6-7-28-11)18(26)25-16-8-13(3-4-15(16)21)24-19(27)23-10-12-2-5-17(20)22-9-12/h2-9H,10H2,1H3,(H,25,26)(H2,23,24,27). The van der Waals surface area contributed by atoms with Gasteiger partial charge in [-0.15, -0.1) is 0 Å². The van der Waals surface area contributed by atoms with Gasteiger partial charge in [0.05, 0.1) is 17.5 Å². The molecule has 1 aromatic carbocycles. The fourth-order valence-corrected chi connectivity index (χ4v) is 2.49. The number of aryl methyl sites for hydroxylation is 1. The Morgan fingerprint density at radius 2 is 2.00 bits per heavy atom. The van der Waals surface area contributed by atoms with E-state index in [4.69, 9.17) is 16.0 Å². The summed E-state index contributed by atoms with van der Waals surface area (Å²) >= 11 is 5.71. The van der Waals surface area contributed by atoms with Gasteiger partial charge in [-0.25, -0.2) is 14.2 Å². The van der Waals surface area contributed by atoms with Crippen LogP contribution in [0.1, 0.15) is 21.7 Å². The van der Waals surface area contributed by atoms with Crippen LogP contribution in [0.15, 0.2) is 53.3 Å². The van der Waals surface area contributed by atoms with Crippen LogP contribution in [-0.4, -0.2) is 16.9 Å². The van der Waals surface area contributed by atoms with Gasteiger partial charge in [-0.2, -0.15) is 0 Å². The molecule has 28 heavy (non-hydrogen) atoms. The Kier molecular flexibility index (Phi) is 5.90. The number of hydrogen-bond acceptors (Lipinski definition) is 4. The summed E-state index contributed by atoms with van der Waals surface area (Å²) < 4.78 is 19.1. The highest BCUT2D eigenvalue weighted by molar-refractivity contribution is 6.29. The normalized spacial score (nSPS) is 10.4. The summed E-state index contributed by atoms with van der Waals surface area (Å²) in [5.41, 5.74) is 1.31. The van der Waals surface area contributed by atoms with E-state index in [2.05, 4.69) is 20.9 Å². The van der Waals surface area contributed by atoms with Crippen LogP contribution in [0.2, 0.25) is 5.15 Å². The largest absolute Gasteiger partial charge is 0.469 e. The van der Waals surface area contributed by atoms with Crippen molar-refractivity contribution in [2.75, 3.05) is 10.6 Å². The van der Waals surface area contributed by atoms with Crippen molar-refractivity contribution >= 4 is 34.9 Å². The molecule has 3 rings (SSSR count). The van der Waals surface area contributed by atoms with Gasteiger partial charge < -0.3 is 20.4 Å². The molecule has 0 aliphatic carbocycles. The zero-order valence-electron chi connectivity index (χ0n) is 14.8. The lowest BCUT2D eigenvalue weighted by atomic mass is 10.2. The number of pyridine rings is 1. The molecule has 3 aromatic rings. The molecule has 0 saturated heterocycles. The lowest BCUT2D eigenvalue weighted by Gasteiger charge is -2.11. The molecule has 0 saturated carbocycles. The number of anilines is 2. The predicted octanol–water partition coefficient (Wildman–Crippen LogP) is 4.35. The summed E-state index contributed by atoms with van der Waals surface area (Å²) in [6, 6.07) is 8.21. The maximum Gasteiger partial charge on any atom is 0.319 e. The number of benzene rings is 1. The van der Waals surface area contributed by atoms with Crippen LogP contribution < -0.4 is 16.0 Å². The molecular weight excluding hydrogens is 387 g/mol. The smallest absolute Gasteiger partial charge is 0.319 e. The van der Waals surface area contributed by atoms with Crippen molar-refractivity contribution in [3.8, 4) is 0 Å². The van der Waals surface area contributed by atoms with E-state index in [0.29, 0.717) is 22.2 Å². The van der Waals surface area contributed by atoms with Crippen LogP contribution in [0.25, 0.3) is 0 Å². The van der Waals surface area contributed by atoms with Crippen LogP contribution >= 0.6 is 11.6 Å². The molecule has 144 valence electrons. The third-order valence-electron chi connectivity index (χ3n) is 3.82. The van der Waals surface area contributed by atoms with Crippen molar-refractivity contribution in [1.82, 2.24) is 10.3 Å². The first-order valence-electron chi connectivity index (χ1n) is 8.22. The van der Waals surface area contributed by atoms with Crippen LogP contribution in [-0.2, 0) is 6.54 Å². The number of halogens is 2. The Morgan fingerprint density at radius 1 is 1.18 bits per heavy atom. The molecule has 0 unspecified atom stereocenters. The highest BCUT2D eigenvalue weighted by Gasteiger charge is 2.14. The van der Waals surface area contributed by atoms with Gasteiger partial charge in [-0.05, 0) is 42.8 Å². The maximum absolute atomic E-state index is 14.0. The van der Waals surface area contributed by atoms with E-state index in [9.17, 15) is 14.0 Å². The van der Waals surface area contributed by atoms with Gasteiger partial charge in [0.1, 0.15) is 16.7 Å². The third kappa shape index (κ3) is 4.86. The zero-order valence-corrected chi connectivity index (χ0v) is 15.5. The quantitative estimate of drug-likeness (QED) is 0.553. The highest BCUT2D eigenvalue weighted by atomic mass is 35.5. The van der Waals surface area contributed by atoms with E-state index in [0.717, 1.165) is 11.6 Å². The minimum atomic E-state index is -0.632. The molecule has 0 spiro atoms. The second kappa shape index (κ2) is 8.53. The lowest BCUT2D eigenvalue weighted by molar-refractivity contribution is 0.102. The summed E-state index contributed by atoms with van der Waals surface area (Å²) in [5.74, 6) is -0.724. The number of hydrogen-bond donors (Lipinski definition) is 3. The average Bonchev–Trinajstić information content (AvgIpc) is 3.10. The first kappa shape index (κ1) is 19.4. The Morgan fingerprint density at radius 3 is 2.68 bits per heavy atom. The van der Waals surface area contributed by atoms with Crippen molar-refractivity contribution < 1.29 is 18.4 Å². The molecule has 0 fully saturated rings. The second-order valence-electron chi connectivity index (χ2n) is 5.84. The minimum Gasteiger partial charge on any atom is -0.469 e. The van der Waals surface area contributed by atoms with Crippen molar-refractivity contribution in [2.45, 2.75) is 13.5 Å². The molecule has 3 N–H and O–H groups in total. The summed E-state index contributed by atoms with van der Waals surface area (Å²) in [7, 11) is 0. The van der Waals surface area contributed by atoms with Crippen molar-refractivity contribution in [1.29, 1.82) is 0 Å². The molecule has 0 aliphatic rings. The second-order valence-corrected chi connectivity index (χ2v) is 6.22. The fraction of sp³-hybridized carbons (Fsp3) is 0.105. The number of rotatable bonds is 5. The SMILES string of the molecule is Cc1occc1C(=O)Nc1cc(NC(=O)NCc2ccc(Cl)nc2)ccc1F. The third-order valence-corrected chi connectivity index (χ3v) is 4.04. The Bertz CT molecular complexity index is 1000. The first-order valence-corrected chi connectivity index (χ1v) is 8.60. The van der Waals surface area contributed by atoms with E-state index in [1.807, 2.05) is 0 Å². The Balaban J connectivity index is 1.62. The maximum atomic E-state index is 14.0. The van der Waals surface area contributed by atoms with Gasteiger partial charge in [-0.1, -0.05) is 17.7 Å². The molecule has 7 nitrogen and oxygen atoms in total. The van der Waals surface area contributed by atoms with Gasteiger partial charge in [0, 0.05) is 18.4 Å². The minimum absolute atomic E-state index is 0.0645. The van der Waals surface area contributed by atoms with Gasteiger partial charge in [0.2, 0.25) is 0 Å². The molecule has 9 heteroatoms. The number of carbonyl (C=O) groups is 2. The number of aromatic nitrogens is 1.